The van der Waals surface area contributed by atoms with E-state index in [1.807, 2.05) is 6.92 Å². The molecule has 3 N–H and O–H groups in total. The molecule has 1 aromatic carbocycles. The van der Waals surface area contributed by atoms with E-state index in [1.165, 1.54) is 0 Å². The minimum atomic E-state index is -3.48. The van der Waals surface area contributed by atoms with Crippen molar-refractivity contribution in [1.29, 1.82) is 0 Å². The third kappa shape index (κ3) is 4.08. The summed E-state index contributed by atoms with van der Waals surface area (Å²) in [6.07, 6.45) is 0.810. The first-order valence-corrected chi connectivity index (χ1v) is 7.65. The van der Waals surface area contributed by atoms with Crippen LogP contribution in [0.2, 0.25) is 0 Å². The maximum absolute atomic E-state index is 12.2. The Morgan fingerprint density at radius 2 is 1.83 bits per heavy atom. The molecule has 1 atom stereocenters. The van der Waals surface area contributed by atoms with Gasteiger partial charge in [-0.15, -0.1) is 0 Å². The molecular formula is C13H22N2O2S. The maximum atomic E-state index is 12.2. The highest BCUT2D eigenvalue weighted by Crippen LogP contribution is 2.16. The molecule has 5 heteroatoms. The van der Waals surface area contributed by atoms with E-state index in [2.05, 4.69) is 18.6 Å². The topological polar surface area (TPSA) is 72.2 Å². The molecule has 0 bridgehead atoms. The van der Waals surface area contributed by atoms with Crippen LogP contribution in [0.4, 0.5) is 0 Å². The van der Waals surface area contributed by atoms with E-state index >= 15 is 0 Å². The predicted octanol–water partition coefficient (Wildman–Crippen LogP) is 1.86. The normalized spacial score (nSPS) is 13.8. The Bertz CT molecular complexity index is 484. The smallest absolute Gasteiger partial charge is 0.241 e. The molecule has 4 nitrogen and oxygen atoms in total. The van der Waals surface area contributed by atoms with E-state index in [4.69, 9.17) is 5.73 Å². The summed E-state index contributed by atoms with van der Waals surface area (Å²) < 4.78 is 27.2. The molecule has 18 heavy (non-hydrogen) atoms. The minimum absolute atomic E-state index is 0.0826. The zero-order chi connectivity index (χ0) is 13.8. The number of nitrogens with two attached hydrogens (primary N) is 1. The average molecular weight is 270 g/mol. The summed E-state index contributed by atoms with van der Waals surface area (Å²) in [5.41, 5.74) is 6.21. The Kier molecular flexibility index (Phi) is 5.31. The third-order valence-electron chi connectivity index (χ3n) is 2.66. The monoisotopic (exact) mass is 270 g/mol. The first-order chi connectivity index (χ1) is 8.36. The highest BCUT2D eigenvalue weighted by atomic mass is 32.2. The fraction of sp³-hybridized carbons (Fsp3) is 0.538. The summed E-state index contributed by atoms with van der Waals surface area (Å²) >= 11 is 0. The molecule has 0 amide bonds. The second-order valence-electron chi connectivity index (χ2n) is 4.96. The van der Waals surface area contributed by atoms with Crippen molar-refractivity contribution in [2.24, 2.45) is 11.7 Å². The van der Waals surface area contributed by atoms with E-state index in [-0.39, 0.29) is 17.5 Å². The molecule has 0 heterocycles. The van der Waals surface area contributed by atoms with Crippen LogP contribution < -0.4 is 10.5 Å². The molecule has 0 aliphatic rings. The van der Waals surface area contributed by atoms with Crippen LogP contribution in [0.1, 0.15) is 32.8 Å². The van der Waals surface area contributed by atoms with Crippen molar-refractivity contribution < 1.29 is 8.42 Å². The van der Waals surface area contributed by atoms with E-state index in [1.54, 1.807) is 24.3 Å². The van der Waals surface area contributed by atoms with E-state index < -0.39 is 10.0 Å². The van der Waals surface area contributed by atoms with Crippen molar-refractivity contribution in [3.8, 4) is 0 Å². The van der Waals surface area contributed by atoms with Gasteiger partial charge in [0.25, 0.3) is 0 Å². The van der Waals surface area contributed by atoms with Crippen LogP contribution in [-0.2, 0) is 16.6 Å². The van der Waals surface area contributed by atoms with E-state index in [0.717, 1.165) is 6.42 Å². The van der Waals surface area contributed by atoms with Gasteiger partial charge in [-0.2, -0.15) is 0 Å². The molecule has 1 rings (SSSR count). The minimum Gasteiger partial charge on any atom is -0.326 e. The van der Waals surface area contributed by atoms with Gasteiger partial charge in [-0.1, -0.05) is 32.0 Å². The van der Waals surface area contributed by atoms with Crippen LogP contribution in [0.15, 0.2) is 29.2 Å². The molecule has 0 spiro atoms. The van der Waals surface area contributed by atoms with E-state index in [9.17, 15) is 8.42 Å². The number of benzene rings is 1. The van der Waals surface area contributed by atoms with Gasteiger partial charge in [-0.05, 0) is 30.9 Å². The standard InChI is InChI=1S/C13H22N2O2S/c1-10(2)8-11(3)15-18(16,17)13-7-5-4-6-12(13)9-14/h4-7,10-11,15H,8-9,14H2,1-3H3. The largest absolute Gasteiger partial charge is 0.326 e. The average Bonchev–Trinajstić information content (AvgIpc) is 2.27. The molecule has 0 saturated heterocycles. The quantitative estimate of drug-likeness (QED) is 0.828. The van der Waals surface area contributed by atoms with Crippen molar-refractivity contribution in [3.63, 3.8) is 0 Å². The lowest BCUT2D eigenvalue weighted by molar-refractivity contribution is 0.482. The van der Waals surface area contributed by atoms with Crippen molar-refractivity contribution in [2.75, 3.05) is 0 Å². The van der Waals surface area contributed by atoms with Gasteiger partial charge in [0.15, 0.2) is 0 Å². The summed E-state index contributed by atoms with van der Waals surface area (Å²) in [7, 11) is -3.48. The molecule has 0 radical (unpaired) electrons. The zero-order valence-corrected chi connectivity index (χ0v) is 12.0. The van der Waals surface area contributed by atoms with Gasteiger partial charge in [-0.25, -0.2) is 13.1 Å². The summed E-state index contributed by atoms with van der Waals surface area (Å²) in [6.45, 7) is 6.23. The predicted molar refractivity (Wildman–Crippen MR) is 73.6 cm³/mol. The van der Waals surface area contributed by atoms with Gasteiger partial charge in [0.05, 0.1) is 4.90 Å². The highest BCUT2D eigenvalue weighted by molar-refractivity contribution is 7.89. The molecular weight excluding hydrogens is 248 g/mol. The van der Waals surface area contributed by atoms with Crippen molar-refractivity contribution >= 4 is 10.0 Å². The Labute approximate surface area is 110 Å². The van der Waals surface area contributed by atoms with Crippen molar-refractivity contribution in [2.45, 2.75) is 44.7 Å². The van der Waals surface area contributed by atoms with Gasteiger partial charge in [0, 0.05) is 12.6 Å². The summed E-state index contributed by atoms with van der Waals surface area (Å²) in [6, 6.07) is 6.74. The second-order valence-corrected chi connectivity index (χ2v) is 6.65. The SMILES string of the molecule is CC(C)CC(C)NS(=O)(=O)c1ccccc1CN. The lowest BCUT2D eigenvalue weighted by Gasteiger charge is -2.17. The van der Waals surface area contributed by atoms with Crippen LogP contribution >= 0.6 is 0 Å². The maximum Gasteiger partial charge on any atom is 0.241 e. The van der Waals surface area contributed by atoms with Crippen molar-refractivity contribution in [1.82, 2.24) is 4.72 Å². The van der Waals surface area contributed by atoms with Gasteiger partial charge >= 0.3 is 0 Å². The van der Waals surface area contributed by atoms with Crippen LogP contribution in [0.25, 0.3) is 0 Å². The summed E-state index contributed by atoms with van der Waals surface area (Å²) in [4.78, 5) is 0.281. The molecule has 0 fully saturated rings. The van der Waals surface area contributed by atoms with Gasteiger partial charge in [0.2, 0.25) is 10.0 Å². The van der Waals surface area contributed by atoms with Gasteiger partial charge in [0.1, 0.15) is 0 Å². The molecule has 102 valence electrons. The molecule has 1 aromatic rings. The van der Waals surface area contributed by atoms with Gasteiger partial charge in [-0.3, -0.25) is 0 Å². The fourth-order valence-corrected chi connectivity index (χ4v) is 3.53. The number of sulfonamides is 1. The van der Waals surface area contributed by atoms with E-state index in [0.29, 0.717) is 11.5 Å². The van der Waals surface area contributed by atoms with Crippen LogP contribution in [0, 0.1) is 5.92 Å². The van der Waals surface area contributed by atoms with Gasteiger partial charge < -0.3 is 5.73 Å². The molecule has 0 aromatic heterocycles. The molecule has 0 saturated carbocycles. The number of hydrogen-bond donors (Lipinski definition) is 2. The van der Waals surface area contributed by atoms with Crippen LogP contribution in [0.3, 0.4) is 0 Å². The number of hydrogen-bond acceptors (Lipinski definition) is 3. The Hall–Kier alpha value is -0.910. The lowest BCUT2D eigenvalue weighted by Crippen LogP contribution is -2.34. The lowest BCUT2D eigenvalue weighted by atomic mass is 10.1. The second kappa shape index (κ2) is 6.31. The Morgan fingerprint density at radius 1 is 1.22 bits per heavy atom. The first-order valence-electron chi connectivity index (χ1n) is 6.17. The third-order valence-corrected chi connectivity index (χ3v) is 4.35. The van der Waals surface area contributed by atoms with Crippen LogP contribution in [-0.4, -0.2) is 14.5 Å². The number of rotatable bonds is 6. The molecule has 1 unspecified atom stereocenters. The Balaban J connectivity index is 2.93. The molecule has 0 aliphatic carbocycles. The highest BCUT2D eigenvalue weighted by Gasteiger charge is 2.20. The summed E-state index contributed by atoms with van der Waals surface area (Å²) in [5, 5.41) is 0. The Morgan fingerprint density at radius 3 is 2.39 bits per heavy atom. The summed E-state index contributed by atoms with van der Waals surface area (Å²) in [5.74, 6) is 0.451. The van der Waals surface area contributed by atoms with Crippen molar-refractivity contribution in [3.05, 3.63) is 29.8 Å². The molecule has 0 aliphatic heterocycles. The first kappa shape index (κ1) is 15.1. The zero-order valence-electron chi connectivity index (χ0n) is 11.2. The fourth-order valence-electron chi connectivity index (χ4n) is 2.02. The van der Waals surface area contributed by atoms with Crippen LogP contribution in [0.5, 0.6) is 0 Å². The number of nitrogens with one attached hydrogen (secondary N) is 1.